The Balaban J connectivity index is 1.84. The summed E-state index contributed by atoms with van der Waals surface area (Å²) in [5.74, 6) is 0. The minimum Gasteiger partial charge on any atom is -0.369 e. The Morgan fingerprint density at radius 2 is 1.81 bits per heavy atom. The van der Waals surface area contributed by atoms with Crippen molar-refractivity contribution < 1.29 is 0 Å². The van der Waals surface area contributed by atoms with Gasteiger partial charge in [-0.15, -0.1) is 0 Å². The van der Waals surface area contributed by atoms with Crippen LogP contribution in [0, 0.1) is 0 Å². The first-order chi connectivity index (χ1) is 7.83. The maximum atomic E-state index is 3.39. The third kappa shape index (κ3) is 2.06. The van der Waals surface area contributed by atoms with Crippen molar-refractivity contribution in [3.63, 3.8) is 0 Å². The maximum absolute atomic E-state index is 3.39. The summed E-state index contributed by atoms with van der Waals surface area (Å²) in [6.45, 7) is 6.66. The van der Waals surface area contributed by atoms with E-state index in [0.29, 0.717) is 0 Å². The van der Waals surface area contributed by atoms with Gasteiger partial charge in [0.2, 0.25) is 0 Å². The smallest absolute Gasteiger partial charge is 0.0370 e. The summed E-state index contributed by atoms with van der Waals surface area (Å²) in [5, 5.41) is 3.39. The lowest BCUT2D eigenvalue weighted by molar-refractivity contribution is 0.554. The highest BCUT2D eigenvalue weighted by Crippen LogP contribution is 2.29. The molecule has 1 aromatic rings. The van der Waals surface area contributed by atoms with Gasteiger partial charge in [-0.1, -0.05) is 6.07 Å². The van der Waals surface area contributed by atoms with E-state index >= 15 is 0 Å². The van der Waals surface area contributed by atoms with Crippen molar-refractivity contribution in [2.75, 3.05) is 31.1 Å². The van der Waals surface area contributed by atoms with Crippen molar-refractivity contribution in [2.45, 2.75) is 13.1 Å². The second-order valence-electron chi connectivity index (χ2n) is 4.47. The highest BCUT2D eigenvalue weighted by atomic mass is 127. The first-order valence-corrected chi connectivity index (χ1v) is 6.77. The van der Waals surface area contributed by atoms with E-state index in [9.17, 15) is 0 Å². The van der Waals surface area contributed by atoms with E-state index in [-0.39, 0.29) is 0 Å². The maximum Gasteiger partial charge on any atom is 0.0370 e. The Morgan fingerprint density at radius 1 is 1.06 bits per heavy atom. The minimum atomic E-state index is 1.09. The lowest BCUT2D eigenvalue weighted by Crippen LogP contribution is -2.43. The molecule has 0 bridgehead atoms. The molecule has 0 radical (unpaired) electrons. The molecule has 2 aliphatic heterocycles. The Labute approximate surface area is 110 Å². The van der Waals surface area contributed by atoms with Gasteiger partial charge in [0.05, 0.1) is 0 Å². The molecule has 4 heteroatoms. The van der Waals surface area contributed by atoms with Crippen molar-refractivity contribution in [3.8, 4) is 0 Å². The number of hydrogen-bond donors (Lipinski definition) is 1. The number of nitrogens with one attached hydrogen (secondary N) is 1. The molecular weight excluding hydrogens is 313 g/mol. The molecule has 0 unspecified atom stereocenters. The molecule has 0 aliphatic carbocycles. The molecular formula is C12H16IN3. The summed E-state index contributed by atoms with van der Waals surface area (Å²) in [5.41, 5.74) is 4.39. The fraction of sp³-hybridized carbons (Fsp3) is 0.500. The van der Waals surface area contributed by atoms with Crippen LogP contribution in [0.25, 0.3) is 0 Å². The fourth-order valence-electron chi connectivity index (χ4n) is 2.46. The number of benzene rings is 1. The van der Waals surface area contributed by atoms with Gasteiger partial charge in [-0.25, -0.2) is 3.11 Å². The Bertz CT molecular complexity index is 388. The van der Waals surface area contributed by atoms with Crippen LogP contribution in [0.4, 0.5) is 5.69 Å². The van der Waals surface area contributed by atoms with E-state index in [0.717, 1.165) is 39.3 Å². The van der Waals surface area contributed by atoms with Crippen molar-refractivity contribution in [3.05, 3.63) is 29.3 Å². The quantitative estimate of drug-likeness (QED) is 0.626. The standard InChI is InChI=1S/C12H16IN3/c13-16-8-10-1-2-12(7-11(10)9-16)15-5-3-14-4-6-15/h1-2,7,14H,3-6,8-9H2. The largest absolute Gasteiger partial charge is 0.369 e. The molecule has 0 amide bonds. The van der Waals surface area contributed by atoms with E-state index in [2.05, 4.69) is 54.4 Å². The zero-order valence-corrected chi connectivity index (χ0v) is 11.4. The minimum absolute atomic E-state index is 1.09. The van der Waals surface area contributed by atoms with Gasteiger partial charge in [-0.2, -0.15) is 0 Å². The molecule has 0 saturated carbocycles. The second kappa shape index (κ2) is 4.50. The summed E-state index contributed by atoms with van der Waals surface area (Å²) in [6.07, 6.45) is 0. The van der Waals surface area contributed by atoms with Crippen LogP contribution in [0.1, 0.15) is 11.1 Å². The normalized spacial score (nSPS) is 21.2. The van der Waals surface area contributed by atoms with Crippen molar-refractivity contribution >= 4 is 28.6 Å². The molecule has 0 spiro atoms. The summed E-state index contributed by atoms with van der Waals surface area (Å²) in [7, 11) is 0. The van der Waals surface area contributed by atoms with E-state index in [1.165, 1.54) is 16.8 Å². The SMILES string of the molecule is IN1Cc2ccc(N3CCNCC3)cc2C1. The van der Waals surface area contributed by atoms with E-state index in [4.69, 9.17) is 0 Å². The molecule has 1 fully saturated rings. The average molecular weight is 329 g/mol. The van der Waals surface area contributed by atoms with Crippen LogP contribution >= 0.6 is 22.9 Å². The predicted octanol–water partition coefficient (Wildman–Crippen LogP) is 1.76. The molecule has 0 atom stereocenters. The summed E-state index contributed by atoms with van der Waals surface area (Å²) >= 11 is 2.40. The van der Waals surface area contributed by atoms with Gasteiger partial charge in [-0.05, 0) is 23.3 Å². The summed E-state index contributed by atoms with van der Waals surface area (Å²) in [6, 6.07) is 6.95. The molecule has 2 aliphatic rings. The summed E-state index contributed by atoms with van der Waals surface area (Å²) < 4.78 is 2.34. The van der Waals surface area contributed by atoms with Crippen molar-refractivity contribution in [1.82, 2.24) is 8.43 Å². The zero-order chi connectivity index (χ0) is 11.0. The van der Waals surface area contributed by atoms with Crippen molar-refractivity contribution in [2.24, 2.45) is 0 Å². The van der Waals surface area contributed by atoms with E-state index in [1.807, 2.05) is 0 Å². The average Bonchev–Trinajstić information content (AvgIpc) is 2.69. The monoisotopic (exact) mass is 329 g/mol. The molecule has 2 heterocycles. The first kappa shape index (κ1) is 10.8. The number of nitrogens with zero attached hydrogens (tertiary/aromatic N) is 2. The van der Waals surface area contributed by atoms with Crippen LogP contribution in [0.5, 0.6) is 0 Å². The van der Waals surface area contributed by atoms with Gasteiger partial charge in [0, 0.05) is 67.8 Å². The van der Waals surface area contributed by atoms with Gasteiger partial charge in [0.1, 0.15) is 0 Å². The number of hydrogen-bond acceptors (Lipinski definition) is 3. The molecule has 3 rings (SSSR count). The molecule has 86 valence electrons. The van der Waals surface area contributed by atoms with Crippen LogP contribution in [0.15, 0.2) is 18.2 Å². The second-order valence-corrected chi connectivity index (χ2v) is 5.83. The van der Waals surface area contributed by atoms with Crippen LogP contribution in [0.3, 0.4) is 0 Å². The Hall–Kier alpha value is -0.330. The molecule has 16 heavy (non-hydrogen) atoms. The van der Waals surface area contributed by atoms with Crippen LogP contribution in [-0.4, -0.2) is 29.3 Å². The van der Waals surface area contributed by atoms with Crippen LogP contribution in [0.2, 0.25) is 0 Å². The van der Waals surface area contributed by atoms with Crippen LogP contribution < -0.4 is 10.2 Å². The third-order valence-corrected chi connectivity index (χ3v) is 4.04. The summed E-state index contributed by atoms with van der Waals surface area (Å²) in [4.78, 5) is 2.48. The number of piperazine rings is 1. The highest BCUT2D eigenvalue weighted by Gasteiger charge is 2.18. The van der Waals surface area contributed by atoms with Gasteiger partial charge in [0.15, 0.2) is 0 Å². The number of rotatable bonds is 1. The molecule has 1 aromatic carbocycles. The lowest BCUT2D eigenvalue weighted by atomic mass is 10.1. The van der Waals surface area contributed by atoms with Crippen molar-refractivity contribution in [1.29, 1.82) is 0 Å². The number of anilines is 1. The lowest BCUT2D eigenvalue weighted by Gasteiger charge is -2.29. The van der Waals surface area contributed by atoms with E-state index in [1.54, 1.807) is 0 Å². The molecule has 3 nitrogen and oxygen atoms in total. The van der Waals surface area contributed by atoms with Gasteiger partial charge < -0.3 is 10.2 Å². The predicted molar refractivity (Wildman–Crippen MR) is 74.8 cm³/mol. The topological polar surface area (TPSA) is 18.5 Å². The zero-order valence-electron chi connectivity index (χ0n) is 9.25. The Morgan fingerprint density at radius 3 is 2.62 bits per heavy atom. The van der Waals surface area contributed by atoms with Gasteiger partial charge in [0.25, 0.3) is 0 Å². The Kier molecular flexibility index (Phi) is 3.04. The van der Waals surface area contributed by atoms with Crippen LogP contribution in [-0.2, 0) is 13.1 Å². The van der Waals surface area contributed by atoms with Gasteiger partial charge >= 0.3 is 0 Å². The number of fused-ring (bicyclic) bond motifs is 1. The molecule has 1 N–H and O–H groups in total. The molecule has 0 aromatic heterocycles. The van der Waals surface area contributed by atoms with Gasteiger partial charge in [-0.3, -0.25) is 0 Å². The fourth-order valence-corrected chi connectivity index (χ4v) is 3.19. The van der Waals surface area contributed by atoms with E-state index < -0.39 is 0 Å². The molecule has 1 saturated heterocycles. The first-order valence-electron chi connectivity index (χ1n) is 5.81. The number of halogens is 1. The third-order valence-electron chi connectivity index (χ3n) is 3.36. The highest BCUT2D eigenvalue weighted by molar-refractivity contribution is 14.1.